The van der Waals surface area contributed by atoms with Crippen LogP contribution in [-0.2, 0) is 4.79 Å². The Balaban J connectivity index is 1.77. The van der Waals surface area contributed by atoms with Crippen molar-refractivity contribution in [1.29, 1.82) is 0 Å². The van der Waals surface area contributed by atoms with Crippen molar-refractivity contribution in [3.63, 3.8) is 0 Å². The summed E-state index contributed by atoms with van der Waals surface area (Å²) in [4.78, 5) is 28.4. The largest absolute Gasteiger partial charge is 0.366 e. The first kappa shape index (κ1) is 18.3. The monoisotopic (exact) mass is 394 g/mol. The summed E-state index contributed by atoms with van der Waals surface area (Å²) >= 11 is 6.32. The molecule has 0 unspecified atom stereocenters. The number of rotatable bonds is 5. The molecule has 0 atom stereocenters. The quantitative estimate of drug-likeness (QED) is 0.686. The number of primary amides is 1. The lowest BCUT2D eigenvalue weighted by Crippen LogP contribution is -2.14. The summed E-state index contributed by atoms with van der Waals surface area (Å²) in [6.45, 7) is 1.91. The van der Waals surface area contributed by atoms with E-state index >= 15 is 0 Å². The van der Waals surface area contributed by atoms with Crippen LogP contribution in [0.4, 0.5) is 5.82 Å². The van der Waals surface area contributed by atoms with Crippen LogP contribution in [0.25, 0.3) is 16.8 Å². The summed E-state index contributed by atoms with van der Waals surface area (Å²) in [5, 5.41) is 3.38. The van der Waals surface area contributed by atoms with Crippen LogP contribution in [0.3, 0.4) is 0 Å². The van der Waals surface area contributed by atoms with E-state index in [-0.39, 0.29) is 11.8 Å². The van der Waals surface area contributed by atoms with Crippen molar-refractivity contribution >= 4 is 29.2 Å². The summed E-state index contributed by atoms with van der Waals surface area (Å²) in [5.41, 5.74) is 9.03. The van der Waals surface area contributed by atoms with Crippen LogP contribution in [0.1, 0.15) is 28.8 Å². The van der Waals surface area contributed by atoms with Gasteiger partial charge in [0.25, 0.3) is 5.91 Å². The van der Waals surface area contributed by atoms with Gasteiger partial charge in [0.2, 0.25) is 5.91 Å². The third-order valence-corrected chi connectivity index (χ3v) is 5.14. The average molecular weight is 395 g/mol. The zero-order valence-corrected chi connectivity index (χ0v) is 16.0. The fourth-order valence-corrected chi connectivity index (χ4v) is 3.36. The van der Waals surface area contributed by atoms with E-state index in [2.05, 4.69) is 10.3 Å². The van der Waals surface area contributed by atoms with Gasteiger partial charge in [-0.2, -0.15) is 0 Å². The molecule has 1 aliphatic rings. The number of benzene rings is 1. The molecule has 0 bridgehead atoms. The van der Waals surface area contributed by atoms with E-state index in [1.54, 1.807) is 24.5 Å². The molecule has 2 aromatic heterocycles. The number of halogens is 1. The van der Waals surface area contributed by atoms with E-state index in [0.717, 1.165) is 29.7 Å². The van der Waals surface area contributed by atoms with Gasteiger partial charge in [-0.05, 0) is 31.4 Å². The predicted molar refractivity (Wildman–Crippen MR) is 109 cm³/mol. The maximum absolute atomic E-state index is 12.0. The highest BCUT2D eigenvalue weighted by Crippen LogP contribution is 2.33. The van der Waals surface area contributed by atoms with Gasteiger partial charge in [-0.1, -0.05) is 29.8 Å². The second-order valence-electron chi connectivity index (χ2n) is 6.96. The number of nitrogens with two attached hydrogens (primary N) is 1. The number of amides is 2. The predicted octanol–water partition coefficient (Wildman–Crippen LogP) is 3.95. The molecule has 0 spiro atoms. The van der Waals surface area contributed by atoms with E-state index < -0.39 is 5.91 Å². The van der Waals surface area contributed by atoms with E-state index in [1.807, 2.05) is 35.9 Å². The van der Waals surface area contributed by atoms with Crippen molar-refractivity contribution in [1.82, 2.24) is 9.55 Å². The molecule has 1 saturated carbocycles. The third kappa shape index (κ3) is 3.51. The molecular weight excluding hydrogens is 376 g/mol. The number of anilines is 1. The van der Waals surface area contributed by atoms with E-state index in [1.165, 1.54) is 0 Å². The molecule has 0 radical (unpaired) electrons. The molecule has 7 heteroatoms. The Bertz CT molecular complexity index is 1090. The number of aryl methyl sites for hydroxylation is 1. The number of nitrogens with one attached hydrogen (secondary N) is 1. The third-order valence-electron chi connectivity index (χ3n) is 4.81. The van der Waals surface area contributed by atoms with Crippen LogP contribution in [0.15, 0.2) is 48.9 Å². The molecule has 28 heavy (non-hydrogen) atoms. The highest BCUT2D eigenvalue weighted by Gasteiger charge is 2.30. The van der Waals surface area contributed by atoms with Gasteiger partial charge in [0.1, 0.15) is 5.82 Å². The number of aromatic nitrogens is 2. The van der Waals surface area contributed by atoms with Crippen LogP contribution < -0.4 is 11.1 Å². The number of hydrogen-bond donors (Lipinski definition) is 2. The van der Waals surface area contributed by atoms with Crippen LogP contribution in [0.5, 0.6) is 0 Å². The van der Waals surface area contributed by atoms with Gasteiger partial charge in [0.15, 0.2) is 0 Å². The van der Waals surface area contributed by atoms with Gasteiger partial charge in [-0.25, -0.2) is 4.98 Å². The lowest BCUT2D eigenvalue weighted by Gasteiger charge is -2.10. The summed E-state index contributed by atoms with van der Waals surface area (Å²) in [6.07, 6.45) is 7.03. The molecule has 4 rings (SSSR count). The second kappa shape index (κ2) is 7.13. The van der Waals surface area contributed by atoms with Crippen LogP contribution in [-0.4, -0.2) is 21.4 Å². The molecule has 0 saturated heterocycles. The van der Waals surface area contributed by atoms with Gasteiger partial charge < -0.3 is 15.6 Å². The van der Waals surface area contributed by atoms with E-state index in [0.29, 0.717) is 22.0 Å². The molecule has 3 N–H and O–H groups in total. The number of pyridine rings is 1. The number of hydrogen-bond acceptors (Lipinski definition) is 3. The van der Waals surface area contributed by atoms with Crippen LogP contribution in [0, 0.1) is 12.8 Å². The molecule has 1 fully saturated rings. The number of carbonyl (C=O) groups is 2. The first-order chi connectivity index (χ1) is 13.4. The van der Waals surface area contributed by atoms with Crippen molar-refractivity contribution in [3.05, 3.63) is 65.1 Å². The van der Waals surface area contributed by atoms with Gasteiger partial charge in [0, 0.05) is 46.7 Å². The molecule has 3 aromatic rings. The maximum atomic E-state index is 12.0. The Morgan fingerprint density at radius 2 is 1.96 bits per heavy atom. The van der Waals surface area contributed by atoms with Crippen molar-refractivity contribution in [2.24, 2.45) is 11.7 Å². The summed E-state index contributed by atoms with van der Waals surface area (Å²) in [6, 6.07) is 9.08. The number of nitrogens with zero attached hydrogens (tertiary/aromatic N) is 2. The normalized spacial score (nSPS) is 13.4. The first-order valence-corrected chi connectivity index (χ1v) is 9.36. The van der Waals surface area contributed by atoms with E-state index in [4.69, 9.17) is 17.3 Å². The molecule has 6 nitrogen and oxygen atoms in total. The zero-order valence-electron chi connectivity index (χ0n) is 15.3. The highest BCUT2D eigenvalue weighted by molar-refractivity contribution is 6.33. The Morgan fingerprint density at radius 1 is 1.21 bits per heavy atom. The topological polar surface area (TPSA) is 90.0 Å². The highest BCUT2D eigenvalue weighted by atomic mass is 35.5. The molecule has 1 aromatic carbocycles. The Morgan fingerprint density at radius 3 is 2.64 bits per heavy atom. The fourth-order valence-electron chi connectivity index (χ4n) is 3.12. The molecule has 2 heterocycles. The Labute approximate surface area is 167 Å². The SMILES string of the molecule is Cc1cnc(NC(=O)C2CC2)cc1-n1cc(C(N)=O)c(-c2ccccc2Cl)c1. The number of carbonyl (C=O) groups excluding carboxylic acids is 2. The molecule has 1 aliphatic carbocycles. The second-order valence-corrected chi connectivity index (χ2v) is 7.36. The van der Waals surface area contributed by atoms with Gasteiger partial charge >= 0.3 is 0 Å². The van der Waals surface area contributed by atoms with Crippen molar-refractivity contribution in [2.45, 2.75) is 19.8 Å². The van der Waals surface area contributed by atoms with Crippen LogP contribution in [0.2, 0.25) is 5.02 Å². The van der Waals surface area contributed by atoms with Crippen molar-refractivity contribution in [3.8, 4) is 16.8 Å². The van der Waals surface area contributed by atoms with E-state index in [9.17, 15) is 9.59 Å². The zero-order chi connectivity index (χ0) is 19.8. The van der Waals surface area contributed by atoms with Crippen LogP contribution >= 0.6 is 11.6 Å². The van der Waals surface area contributed by atoms with Gasteiger partial charge in [-0.15, -0.1) is 0 Å². The molecule has 2 amide bonds. The Kier molecular flexibility index (Phi) is 4.65. The first-order valence-electron chi connectivity index (χ1n) is 8.98. The minimum atomic E-state index is -0.539. The summed E-state index contributed by atoms with van der Waals surface area (Å²) in [5.74, 6) is 0.0181. The van der Waals surface area contributed by atoms with Crippen molar-refractivity contribution < 1.29 is 9.59 Å². The lowest BCUT2D eigenvalue weighted by atomic mass is 10.0. The summed E-state index contributed by atoms with van der Waals surface area (Å²) < 4.78 is 1.81. The standard InChI is InChI=1S/C21H19ClN4O2/c1-12-9-24-19(25-21(28)13-6-7-13)8-18(12)26-10-15(16(11-26)20(23)27)14-4-2-3-5-17(14)22/h2-5,8-11,13H,6-7H2,1H3,(H2,23,27)(H,24,25,28). The maximum Gasteiger partial charge on any atom is 0.250 e. The molecule has 142 valence electrons. The molecular formula is C21H19ClN4O2. The Hall–Kier alpha value is -3.12. The smallest absolute Gasteiger partial charge is 0.250 e. The van der Waals surface area contributed by atoms with Crippen molar-refractivity contribution in [2.75, 3.05) is 5.32 Å². The van der Waals surface area contributed by atoms with Gasteiger partial charge in [-0.3, -0.25) is 9.59 Å². The lowest BCUT2D eigenvalue weighted by molar-refractivity contribution is -0.117. The average Bonchev–Trinajstić information content (AvgIpc) is 3.43. The minimum absolute atomic E-state index is 0.00982. The fraction of sp³-hybridized carbons (Fsp3) is 0.190. The van der Waals surface area contributed by atoms with Gasteiger partial charge in [0.05, 0.1) is 11.3 Å². The summed E-state index contributed by atoms with van der Waals surface area (Å²) in [7, 11) is 0. The molecule has 0 aliphatic heterocycles. The minimum Gasteiger partial charge on any atom is -0.366 e.